The molecule has 2 atom stereocenters. The molecule has 20 heavy (non-hydrogen) atoms. The predicted octanol–water partition coefficient (Wildman–Crippen LogP) is 2.62. The standard InChI is InChI=1S/C17H34N2O/c1-13-10-17(20,12-19(13)5)16(11-18)8-6-14(7-9-16)15(2,3)4/h13-14,20H,6-12,18H2,1-5H3. The van der Waals surface area contributed by atoms with E-state index in [1.807, 2.05) is 0 Å². The van der Waals surface area contributed by atoms with Crippen LogP contribution in [-0.2, 0) is 0 Å². The average Bonchev–Trinajstić information content (AvgIpc) is 2.63. The van der Waals surface area contributed by atoms with Crippen molar-refractivity contribution in [2.75, 3.05) is 20.1 Å². The molecule has 1 saturated heterocycles. The number of likely N-dealkylation sites (tertiary alicyclic amines) is 1. The first-order valence-corrected chi connectivity index (χ1v) is 8.26. The molecular formula is C17H34N2O. The lowest BCUT2D eigenvalue weighted by molar-refractivity contribution is -0.102. The van der Waals surface area contributed by atoms with E-state index < -0.39 is 5.60 Å². The van der Waals surface area contributed by atoms with Gasteiger partial charge in [-0.25, -0.2) is 0 Å². The van der Waals surface area contributed by atoms with E-state index in [0.29, 0.717) is 18.0 Å². The van der Waals surface area contributed by atoms with Crippen LogP contribution in [0, 0.1) is 16.7 Å². The van der Waals surface area contributed by atoms with Gasteiger partial charge in [0, 0.05) is 24.5 Å². The summed E-state index contributed by atoms with van der Waals surface area (Å²) in [5.41, 5.74) is 5.90. The van der Waals surface area contributed by atoms with Crippen LogP contribution >= 0.6 is 0 Å². The van der Waals surface area contributed by atoms with Crippen LogP contribution in [0.3, 0.4) is 0 Å². The molecule has 1 heterocycles. The zero-order valence-electron chi connectivity index (χ0n) is 14.1. The van der Waals surface area contributed by atoms with Gasteiger partial charge in [0.15, 0.2) is 0 Å². The summed E-state index contributed by atoms with van der Waals surface area (Å²) in [6.45, 7) is 10.6. The molecule has 0 bridgehead atoms. The van der Waals surface area contributed by atoms with E-state index in [4.69, 9.17) is 5.73 Å². The van der Waals surface area contributed by atoms with Gasteiger partial charge in [-0.3, -0.25) is 0 Å². The van der Waals surface area contributed by atoms with E-state index in [-0.39, 0.29) is 5.41 Å². The zero-order valence-corrected chi connectivity index (χ0v) is 14.1. The molecule has 2 aliphatic rings. The fourth-order valence-electron chi connectivity index (χ4n) is 4.56. The summed E-state index contributed by atoms with van der Waals surface area (Å²) in [7, 11) is 2.12. The lowest BCUT2D eigenvalue weighted by Gasteiger charge is -2.51. The highest BCUT2D eigenvalue weighted by Crippen LogP contribution is 2.52. The van der Waals surface area contributed by atoms with E-state index in [0.717, 1.165) is 31.7 Å². The Labute approximate surface area is 124 Å². The summed E-state index contributed by atoms with van der Waals surface area (Å²) in [4.78, 5) is 2.28. The van der Waals surface area contributed by atoms with Gasteiger partial charge in [-0.1, -0.05) is 20.8 Å². The fraction of sp³-hybridized carbons (Fsp3) is 1.00. The number of nitrogens with two attached hydrogens (primary N) is 1. The van der Waals surface area contributed by atoms with Crippen LogP contribution in [0.2, 0.25) is 0 Å². The lowest BCUT2D eigenvalue weighted by Crippen LogP contribution is -2.56. The minimum absolute atomic E-state index is 0.0617. The summed E-state index contributed by atoms with van der Waals surface area (Å²) in [5, 5.41) is 11.3. The first-order chi connectivity index (χ1) is 9.13. The smallest absolute Gasteiger partial charge is 0.0856 e. The number of nitrogens with zero attached hydrogens (tertiary/aromatic N) is 1. The number of rotatable bonds is 2. The highest BCUT2D eigenvalue weighted by atomic mass is 16.3. The molecule has 3 N–H and O–H groups in total. The van der Waals surface area contributed by atoms with Gasteiger partial charge in [-0.05, 0) is 57.4 Å². The molecule has 0 aromatic heterocycles. The first-order valence-electron chi connectivity index (χ1n) is 8.26. The van der Waals surface area contributed by atoms with Crippen molar-refractivity contribution in [3.8, 4) is 0 Å². The van der Waals surface area contributed by atoms with E-state index in [1.54, 1.807) is 0 Å². The third kappa shape index (κ3) is 2.65. The van der Waals surface area contributed by atoms with Crippen LogP contribution in [0.15, 0.2) is 0 Å². The Bertz CT molecular complexity index is 329. The van der Waals surface area contributed by atoms with Crippen LogP contribution in [0.4, 0.5) is 0 Å². The average molecular weight is 282 g/mol. The van der Waals surface area contributed by atoms with Crippen LogP contribution < -0.4 is 5.73 Å². The molecule has 0 amide bonds. The second-order valence-electron chi connectivity index (χ2n) is 8.62. The van der Waals surface area contributed by atoms with Crippen molar-refractivity contribution in [2.45, 2.75) is 71.4 Å². The topological polar surface area (TPSA) is 49.5 Å². The summed E-state index contributed by atoms with van der Waals surface area (Å²) < 4.78 is 0. The fourth-order valence-corrected chi connectivity index (χ4v) is 4.56. The molecule has 0 aromatic carbocycles. The number of likely N-dealkylation sites (N-methyl/N-ethyl adjacent to an activating group) is 1. The number of hydrogen-bond acceptors (Lipinski definition) is 3. The van der Waals surface area contributed by atoms with Gasteiger partial charge in [-0.15, -0.1) is 0 Å². The summed E-state index contributed by atoms with van der Waals surface area (Å²) in [6, 6.07) is 0.462. The van der Waals surface area contributed by atoms with Gasteiger partial charge in [0.2, 0.25) is 0 Å². The van der Waals surface area contributed by atoms with Gasteiger partial charge >= 0.3 is 0 Å². The van der Waals surface area contributed by atoms with Crippen LogP contribution in [0.5, 0.6) is 0 Å². The van der Waals surface area contributed by atoms with Crippen molar-refractivity contribution < 1.29 is 5.11 Å². The van der Waals surface area contributed by atoms with E-state index >= 15 is 0 Å². The van der Waals surface area contributed by atoms with Crippen LogP contribution in [-0.4, -0.2) is 41.8 Å². The maximum absolute atomic E-state index is 11.3. The van der Waals surface area contributed by atoms with Crippen LogP contribution in [0.25, 0.3) is 0 Å². The lowest BCUT2D eigenvalue weighted by atomic mass is 9.57. The Morgan fingerprint density at radius 3 is 2.15 bits per heavy atom. The van der Waals surface area contributed by atoms with Crippen molar-refractivity contribution in [3.05, 3.63) is 0 Å². The molecule has 0 radical (unpaired) electrons. The molecular weight excluding hydrogens is 248 g/mol. The molecule has 118 valence electrons. The summed E-state index contributed by atoms with van der Waals surface area (Å²) in [6.07, 6.45) is 5.47. The van der Waals surface area contributed by atoms with Gasteiger partial charge in [0.05, 0.1) is 5.60 Å². The molecule has 2 unspecified atom stereocenters. The Morgan fingerprint density at radius 2 is 1.80 bits per heavy atom. The highest BCUT2D eigenvalue weighted by Gasteiger charge is 2.55. The van der Waals surface area contributed by atoms with Crippen molar-refractivity contribution in [3.63, 3.8) is 0 Å². The molecule has 2 rings (SSSR count). The normalized spacial score (nSPS) is 44.0. The maximum Gasteiger partial charge on any atom is 0.0856 e. The largest absolute Gasteiger partial charge is 0.388 e. The van der Waals surface area contributed by atoms with E-state index in [9.17, 15) is 5.11 Å². The third-order valence-corrected chi connectivity index (χ3v) is 6.44. The third-order valence-electron chi connectivity index (χ3n) is 6.44. The van der Waals surface area contributed by atoms with Gasteiger partial charge in [0.25, 0.3) is 0 Å². The monoisotopic (exact) mass is 282 g/mol. The van der Waals surface area contributed by atoms with Crippen molar-refractivity contribution in [1.82, 2.24) is 4.90 Å². The molecule has 1 aliphatic carbocycles. The Kier molecular flexibility index (Phi) is 4.27. The molecule has 0 aromatic rings. The van der Waals surface area contributed by atoms with Gasteiger partial charge in [-0.2, -0.15) is 0 Å². The quantitative estimate of drug-likeness (QED) is 0.818. The number of aliphatic hydroxyl groups is 1. The molecule has 2 fully saturated rings. The number of hydrogen-bond donors (Lipinski definition) is 2. The zero-order chi connectivity index (χ0) is 15.2. The Hall–Kier alpha value is -0.120. The number of β-amino-alcohol motifs (C(OH)–C–C–N with tert-alkyl or cyclic N) is 1. The SMILES string of the molecule is CC1CC(O)(C2(CN)CCC(C(C)(C)C)CC2)CN1C. The molecule has 0 spiro atoms. The molecule has 3 nitrogen and oxygen atoms in total. The second-order valence-corrected chi connectivity index (χ2v) is 8.62. The second kappa shape index (κ2) is 5.26. The van der Waals surface area contributed by atoms with E-state index in [2.05, 4.69) is 39.6 Å². The maximum atomic E-state index is 11.3. The minimum atomic E-state index is -0.585. The van der Waals surface area contributed by atoms with Crippen LogP contribution in [0.1, 0.15) is 59.8 Å². The van der Waals surface area contributed by atoms with Crippen molar-refractivity contribution in [1.29, 1.82) is 0 Å². The minimum Gasteiger partial charge on any atom is -0.388 e. The molecule has 1 aliphatic heterocycles. The summed E-state index contributed by atoms with van der Waals surface area (Å²) in [5.74, 6) is 0.766. The van der Waals surface area contributed by atoms with Crippen molar-refractivity contribution in [2.24, 2.45) is 22.5 Å². The molecule has 1 saturated carbocycles. The molecule has 3 heteroatoms. The Balaban J connectivity index is 2.13. The van der Waals surface area contributed by atoms with Gasteiger partial charge in [0.1, 0.15) is 0 Å². The summed E-state index contributed by atoms with van der Waals surface area (Å²) >= 11 is 0. The van der Waals surface area contributed by atoms with E-state index in [1.165, 1.54) is 12.8 Å². The Morgan fingerprint density at radius 1 is 1.25 bits per heavy atom. The van der Waals surface area contributed by atoms with Crippen molar-refractivity contribution >= 4 is 0 Å². The predicted molar refractivity (Wildman–Crippen MR) is 84.6 cm³/mol. The van der Waals surface area contributed by atoms with Gasteiger partial charge < -0.3 is 15.7 Å². The highest BCUT2D eigenvalue weighted by molar-refractivity contribution is 5.08. The first kappa shape index (κ1) is 16.3.